The second-order valence-corrected chi connectivity index (χ2v) is 5.37. The number of aryl methyl sites for hydroxylation is 1. The molecule has 0 atom stereocenters. The summed E-state index contributed by atoms with van der Waals surface area (Å²) in [4.78, 5) is 12.6. The van der Waals surface area contributed by atoms with Crippen LogP contribution in [0.2, 0.25) is 4.34 Å². The Morgan fingerprint density at radius 1 is 1.39 bits per heavy atom. The fourth-order valence-corrected chi connectivity index (χ4v) is 2.30. The summed E-state index contributed by atoms with van der Waals surface area (Å²) in [6, 6.07) is 6.98. The lowest BCUT2D eigenvalue weighted by atomic mass is 10.3. The number of hydrogen-bond donors (Lipinski definition) is 1. The first-order valence-electron chi connectivity index (χ1n) is 5.23. The minimum Gasteiger partial charge on any atom is -0.456 e. The number of thiophene rings is 1. The van der Waals surface area contributed by atoms with Gasteiger partial charge in [-0.1, -0.05) is 11.6 Å². The average Bonchev–Trinajstić information content (AvgIpc) is 2.94. The molecule has 0 aromatic carbocycles. The summed E-state index contributed by atoms with van der Waals surface area (Å²) in [5.41, 5.74) is 3.14. The van der Waals surface area contributed by atoms with E-state index in [-0.39, 0.29) is 11.7 Å². The van der Waals surface area contributed by atoms with E-state index in [0.29, 0.717) is 15.8 Å². The van der Waals surface area contributed by atoms with Crippen LogP contribution in [0.4, 0.5) is 0 Å². The first-order chi connectivity index (χ1) is 8.56. The first-order valence-corrected chi connectivity index (χ1v) is 6.42. The third-order valence-corrected chi connectivity index (χ3v) is 3.56. The number of halogens is 1. The summed E-state index contributed by atoms with van der Waals surface area (Å²) >= 11 is 7.23. The van der Waals surface area contributed by atoms with Crippen LogP contribution in [0.1, 0.15) is 28.1 Å². The third-order valence-electron chi connectivity index (χ3n) is 2.22. The number of carbonyl (C=O) groups excluding carboxylic acids is 1. The monoisotopic (exact) mass is 282 g/mol. The predicted octanol–water partition coefficient (Wildman–Crippen LogP) is 3.46. The quantitative estimate of drug-likeness (QED) is 0.692. The Kier molecular flexibility index (Phi) is 3.84. The Balaban J connectivity index is 2.04. The molecule has 2 aromatic heterocycles. The molecule has 94 valence electrons. The van der Waals surface area contributed by atoms with Gasteiger partial charge >= 0.3 is 5.91 Å². The van der Waals surface area contributed by atoms with Crippen molar-refractivity contribution in [1.29, 1.82) is 0 Å². The van der Waals surface area contributed by atoms with Crippen LogP contribution in [0, 0.1) is 6.92 Å². The van der Waals surface area contributed by atoms with E-state index in [9.17, 15) is 4.79 Å². The molecule has 2 aromatic rings. The van der Waals surface area contributed by atoms with Crippen molar-refractivity contribution in [2.24, 2.45) is 5.10 Å². The predicted molar refractivity (Wildman–Crippen MR) is 72.5 cm³/mol. The number of carbonyl (C=O) groups is 1. The Morgan fingerprint density at radius 2 is 2.17 bits per heavy atom. The summed E-state index contributed by atoms with van der Waals surface area (Å²) in [5, 5.41) is 4.00. The molecular formula is C12H11ClN2O2S. The molecule has 0 aliphatic carbocycles. The Morgan fingerprint density at radius 3 is 2.72 bits per heavy atom. The number of nitrogens with one attached hydrogen (secondary N) is 1. The van der Waals surface area contributed by atoms with Crippen molar-refractivity contribution >= 4 is 34.6 Å². The van der Waals surface area contributed by atoms with Crippen LogP contribution >= 0.6 is 22.9 Å². The smallest absolute Gasteiger partial charge is 0.307 e. The van der Waals surface area contributed by atoms with Crippen molar-refractivity contribution in [3.8, 4) is 0 Å². The van der Waals surface area contributed by atoms with Gasteiger partial charge in [0, 0.05) is 0 Å². The van der Waals surface area contributed by atoms with E-state index in [2.05, 4.69) is 10.5 Å². The Bertz CT molecular complexity index is 601. The van der Waals surface area contributed by atoms with Gasteiger partial charge < -0.3 is 4.42 Å². The third kappa shape index (κ3) is 3.00. The molecule has 2 rings (SSSR count). The van der Waals surface area contributed by atoms with Gasteiger partial charge in [0.1, 0.15) is 5.76 Å². The topological polar surface area (TPSA) is 54.6 Å². The van der Waals surface area contributed by atoms with Crippen LogP contribution in [0.3, 0.4) is 0 Å². The highest BCUT2D eigenvalue weighted by Gasteiger charge is 2.09. The van der Waals surface area contributed by atoms with Crippen molar-refractivity contribution in [2.45, 2.75) is 13.8 Å². The molecule has 0 aliphatic heterocycles. The van der Waals surface area contributed by atoms with E-state index in [1.54, 1.807) is 32.0 Å². The first kappa shape index (κ1) is 12.9. The Labute approximate surface area is 113 Å². The van der Waals surface area contributed by atoms with E-state index >= 15 is 0 Å². The van der Waals surface area contributed by atoms with Gasteiger partial charge in [-0.25, -0.2) is 5.43 Å². The molecular weight excluding hydrogens is 272 g/mol. The van der Waals surface area contributed by atoms with Crippen molar-refractivity contribution < 1.29 is 9.21 Å². The van der Waals surface area contributed by atoms with E-state index < -0.39 is 0 Å². The number of hydrogen-bond acceptors (Lipinski definition) is 4. The van der Waals surface area contributed by atoms with Crippen molar-refractivity contribution in [1.82, 2.24) is 5.43 Å². The SMILES string of the molecule is C/C(=N/NC(=O)c1ccc(C)o1)c1ccc(Cl)s1. The highest BCUT2D eigenvalue weighted by molar-refractivity contribution is 7.18. The standard InChI is InChI=1S/C12H11ClN2O2S/c1-7-3-4-9(17-7)12(16)15-14-8(2)10-5-6-11(13)18-10/h3-6H,1-2H3,(H,15,16)/b14-8-. The fraction of sp³-hybridized carbons (Fsp3) is 0.167. The van der Waals surface area contributed by atoms with Crippen molar-refractivity contribution in [3.63, 3.8) is 0 Å². The molecule has 0 radical (unpaired) electrons. The van der Waals surface area contributed by atoms with Gasteiger partial charge in [-0.15, -0.1) is 11.3 Å². The van der Waals surface area contributed by atoms with Gasteiger partial charge in [0.2, 0.25) is 0 Å². The number of furan rings is 1. The zero-order valence-electron chi connectivity index (χ0n) is 9.86. The highest BCUT2D eigenvalue weighted by Crippen LogP contribution is 2.21. The maximum atomic E-state index is 11.7. The summed E-state index contributed by atoms with van der Waals surface area (Å²) in [7, 11) is 0. The molecule has 0 saturated heterocycles. The molecule has 4 nitrogen and oxygen atoms in total. The van der Waals surface area contributed by atoms with Gasteiger partial charge in [0.25, 0.3) is 0 Å². The maximum Gasteiger partial charge on any atom is 0.307 e. The van der Waals surface area contributed by atoms with Crippen molar-refractivity contribution in [2.75, 3.05) is 0 Å². The second-order valence-electron chi connectivity index (χ2n) is 3.65. The second kappa shape index (κ2) is 5.37. The molecule has 18 heavy (non-hydrogen) atoms. The molecule has 0 spiro atoms. The highest BCUT2D eigenvalue weighted by atomic mass is 35.5. The molecule has 6 heteroatoms. The summed E-state index contributed by atoms with van der Waals surface area (Å²) in [6.07, 6.45) is 0. The zero-order valence-corrected chi connectivity index (χ0v) is 11.4. The maximum absolute atomic E-state index is 11.7. The van der Waals surface area contributed by atoms with Gasteiger partial charge in [-0.05, 0) is 38.1 Å². The van der Waals surface area contributed by atoms with Crippen molar-refractivity contribution in [3.05, 3.63) is 45.0 Å². The summed E-state index contributed by atoms with van der Waals surface area (Å²) in [6.45, 7) is 3.58. The molecule has 0 bridgehead atoms. The molecule has 2 heterocycles. The van der Waals surface area contributed by atoms with E-state index in [1.165, 1.54) is 11.3 Å². The van der Waals surface area contributed by atoms with Crippen LogP contribution < -0.4 is 5.43 Å². The molecule has 1 N–H and O–H groups in total. The lowest BCUT2D eigenvalue weighted by Gasteiger charge is -1.98. The number of rotatable bonds is 3. The van der Waals surface area contributed by atoms with E-state index in [1.807, 2.05) is 6.07 Å². The van der Waals surface area contributed by atoms with Crippen LogP contribution in [-0.4, -0.2) is 11.6 Å². The zero-order chi connectivity index (χ0) is 13.1. The van der Waals surface area contributed by atoms with Crippen LogP contribution in [0.25, 0.3) is 0 Å². The van der Waals surface area contributed by atoms with Gasteiger partial charge in [0.05, 0.1) is 14.9 Å². The average molecular weight is 283 g/mol. The normalized spacial score (nSPS) is 11.6. The van der Waals surface area contributed by atoms with Gasteiger partial charge in [-0.2, -0.15) is 5.10 Å². The minimum absolute atomic E-state index is 0.244. The molecule has 0 saturated carbocycles. The summed E-state index contributed by atoms with van der Waals surface area (Å²) in [5.74, 6) is 0.559. The Hall–Kier alpha value is -1.59. The van der Waals surface area contributed by atoms with Crippen LogP contribution in [0.15, 0.2) is 33.8 Å². The lowest BCUT2D eigenvalue weighted by molar-refractivity contribution is 0.0926. The number of nitrogens with zero attached hydrogens (tertiary/aromatic N) is 1. The van der Waals surface area contributed by atoms with E-state index in [0.717, 1.165) is 4.88 Å². The number of hydrazone groups is 1. The minimum atomic E-state index is -0.370. The van der Waals surface area contributed by atoms with Crippen LogP contribution in [-0.2, 0) is 0 Å². The molecule has 0 aliphatic rings. The van der Waals surface area contributed by atoms with Crippen LogP contribution in [0.5, 0.6) is 0 Å². The molecule has 0 fully saturated rings. The van der Waals surface area contributed by atoms with Gasteiger partial charge in [0.15, 0.2) is 5.76 Å². The fourth-order valence-electron chi connectivity index (χ4n) is 1.31. The largest absolute Gasteiger partial charge is 0.456 e. The lowest BCUT2D eigenvalue weighted by Crippen LogP contribution is -2.18. The molecule has 1 amide bonds. The van der Waals surface area contributed by atoms with E-state index in [4.69, 9.17) is 16.0 Å². The molecule has 0 unspecified atom stereocenters. The number of amides is 1. The van der Waals surface area contributed by atoms with Gasteiger partial charge in [-0.3, -0.25) is 4.79 Å². The summed E-state index contributed by atoms with van der Waals surface area (Å²) < 4.78 is 5.88.